The zero-order valence-electron chi connectivity index (χ0n) is 7.45. The number of nitrogens with two attached hydrogens (primary N) is 1. The van der Waals surface area contributed by atoms with Crippen molar-refractivity contribution in [1.82, 2.24) is 10.2 Å². The van der Waals surface area contributed by atoms with E-state index in [1.54, 1.807) is 6.20 Å². The fraction of sp³-hybridized carbons (Fsp3) is 0.625. The van der Waals surface area contributed by atoms with Gasteiger partial charge in [-0.1, -0.05) is 0 Å². The lowest BCUT2D eigenvalue weighted by Gasteiger charge is -2.31. The van der Waals surface area contributed by atoms with Crippen molar-refractivity contribution in [1.29, 1.82) is 0 Å². The molecule has 12 heavy (non-hydrogen) atoms. The van der Waals surface area contributed by atoms with Gasteiger partial charge in [-0.05, 0) is 13.8 Å². The molecule has 4 nitrogen and oxygen atoms in total. The number of nitrogens with one attached hydrogen (secondary N) is 1. The molecule has 0 aromatic heterocycles. The second kappa shape index (κ2) is 3.47. The molecule has 4 heteroatoms. The van der Waals surface area contributed by atoms with Crippen molar-refractivity contribution < 1.29 is 4.79 Å². The highest BCUT2D eigenvalue weighted by molar-refractivity contribution is 5.80. The Morgan fingerprint density at radius 3 is 2.92 bits per heavy atom. The van der Waals surface area contributed by atoms with E-state index in [0.717, 1.165) is 0 Å². The predicted molar refractivity (Wildman–Crippen MR) is 47.1 cm³/mol. The number of carbonyl (C=O) groups excluding carboxylic acids is 1. The monoisotopic (exact) mass is 169 g/mol. The highest BCUT2D eigenvalue weighted by atomic mass is 16.1. The van der Waals surface area contributed by atoms with Gasteiger partial charge in [-0.3, -0.25) is 4.79 Å². The van der Waals surface area contributed by atoms with E-state index in [1.165, 1.54) is 0 Å². The van der Waals surface area contributed by atoms with Crippen LogP contribution in [0.5, 0.6) is 0 Å². The van der Waals surface area contributed by atoms with Crippen LogP contribution in [0.2, 0.25) is 0 Å². The first-order valence-electron chi connectivity index (χ1n) is 4.09. The minimum absolute atomic E-state index is 0.252. The molecular formula is C8H15N3O. The maximum atomic E-state index is 10.8. The highest BCUT2D eigenvalue weighted by Gasteiger charge is 2.20. The molecule has 3 N–H and O–H groups in total. The molecule has 0 saturated heterocycles. The summed E-state index contributed by atoms with van der Waals surface area (Å²) in [5.41, 5.74) is 5.17. The first-order chi connectivity index (χ1) is 5.61. The van der Waals surface area contributed by atoms with Gasteiger partial charge in [0, 0.05) is 25.0 Å². The van der Waals surface area contributed by atoms with Crippen LogP contribution in [0.3, 0.4) is 0 Å². The normalized spacial score (nSPS) is 22.6. The third kappa shape index (κ3) is 1.90. The lowest BCUT2D eigenvalue weighted by atomic mass is 10.2. The summed E-state index contributed by atoms with van der Waals surface area (Å²) in [5, 5.41) is 2.91. The number of hydrogen-bond acceptors (Lipinski definition) is 3. The molecule has 1 aliphatic rings. The van der Waals surface area contributed by atoms with Gasteiger partial charge in [0.25, 0.3) is 0 Å². The zero-order chi connectivity index (χ0) is 9.14. The molecular weight excluding hydrogens is 154 g/mol. The van der Waals surface area contributed by atoms with E-state index in [4.69, 9.17) is 5.73 Å². The first-order valence-corrected chi connectivity index (χ1v) is 4.09. The molecule has 1 aliphatic heterocycles. The number of nitrogens with zero attached hydrogens (tertiary/aromatic N) is 1. The summed E-state index contributed by atoms with van der Waals surface area (Å²) in [7, 11) is 0. The highest BCUT2D eigenvalue weighted by Crippen LogP contribution is 2.04. The molecule has 0 radical (unpaired) electrons. The molecule has 0 saturated carbocycles. The van der Waals surface area contributed by atoms with Gasteiger partial charge < -0.3 is 16.0 Å². The van der Waals surface area contributed by atoms with Crippen LogP contribution >= 0.6 is 0 Å². The van der Waals surface area contributed by atoms with Crippen molar-refractivity contribution in [2.75, 3.05) is 6.54 Å². The second-order valence-corrected chi connectivity index (χ2v) is 3.23. The Kier molecular flexibility index (Phi) is 2.58. The molecule has 0 aromatic carbocycles. The fourth-order valence-electron chi connectivity index (χ4n) is 1.13. The minimum Gasteiger partial charge on any atom is -0.377 e. The van der Waals surface area contributed by atoms with E-state index in [1.807, 2.05) is 6.20 Å². The van der Waals surface area contributed by atoms with E-state index in [0.29, 0.717) is 12.6 Å². The number of rotatable bonds is 2. The molecule has 0 aliphatic carbocycles. The lowest BCUT2D eigenvalue weighted by molar-refractivity contribution is -0.120. The Bertz CT molecular complexity index is 200. The minimum atomic E-state index is -0.301. The third-order valence-corrected chi connectivity index (χ3v) is 1.96. The Labute approximate surface area is 72.4 Å². The summed E-state index contributed by atoms with van der Waals surface area (Å²) >= 11 is 0. The van der Waals surface area contributed by atoms with E-state index < -0.39 is 0 Å². The molecule has 1 amide bonds. The average molecular weight is 169 g/mol. The summed E-state index contributed by atoms with van der Waals surface area (Å²) in [6, 6.07) is 0.155. The smallest absolute Gasteiger partial charge is 0.241 e. The topological polar surface area (TPSA) is 58.4 Å². The Morgan fingerprint density at radius 2 is 2.42 bits per heavy atom. The molecule has 0 aromatic rings. The fourth-order valence-corrected chi connectivity index (χ4v) is 1.13. The van der Waals surface area contributed by atoms with Crippen molar-refractivity contribution in [2.45, 2.75) is 25.9 Å². The quantitative estimate of drug-likeness (QED) is 0.592. The molecule has 68 valence electrons. The summed E-state index contributed by atoms with van der Waals surface area (Å²) < 4.78 is 0. The summed E-state index contributed by atoms with van der Waals surface area (Å²) in [5.74, 6) is -0.301. The molecule has 1 unspecified atom stereocenters. The zero-order valence-corrected chi connectivity index (χ0v) is 7.45. The van der Waals surface area contributed by atoms with Gasteiger partial charge in [0.2, 0.25) is 5.91 Å². The summed E-state index contributed by atoms with van der Waals surface area (Å²) in [6.07, 6.45) is 3.70. The van der Waals surface area contributed by atoms with Gasteiger partial charge >= 0.3 is 0 Å². The number of amides is 1. The van der Waals surface area contributed by atoms with E-state index in [9.17, 15) is 4.79 Å². The molecule has 1 atom stereocenters. The third-order valence-electron chi connectivity index (χ3n) is 1.96. The van der Waals surface area contributed by atoms with Gasteiger partial charge in [0.05, 0.1) is 0 Å². The van der Waals surface area contributed by atoms with Crippen LogP contribution < -0.4 is 11.1 Å². The Balaban J connectivity index is 2.57. The molecule has 0 fully saturated rings. The van der Waals surface area contributed by atoms with Crippen molar-refractivity contribution in [3.63, 3.8) is 0 Å². The van der Waals surface area contributed by atoms with Crippen molar-refractivity contribution in [2.24, 2.45) is 5.73 Å². The van der Waals surface area contributed by atoms with Gasteiger partial charge in [-0.2, -0.15) is 0 Å². The van der Waals surface area contributed by atoms with Crippen LogP contribution in [0.25, 0.3) is 0 Å². The van der Waals surface area contributed by atoms with Gasteiger partial charge in [-0.25, -0.2) is 0 Å². The maximum Gasteiger partial charge on any atom is 0.241 e. The van der Waals surface area contributed by atoms with Gasteiger partial charge in [-0.15, -0.1) is 0 Å². The molecule has 1 rings (SSSR count). The van der Waals surface area contributed by atoms with Crippen LogP contribution in [-0.4, -0.2) is 29.4 Å². The van der Waals surface area contributed by atoms with Crippen LogP contribution in [-0.2, 0) is 4.79 Å². The van der Waals surface area contributed by atoms with Crippen molar-refractivity contribution in [3.8, 4) is 0 Å². The number of primary amides is 1. The molecule has 1 heterocycles. The van der Waals surface area contributed by atoms with E-state index in [-0.39, 0.29) is 11.9 Å². The molecule has 0 bridgehead atoms. The lowest BCUT2D eigenvalue weighted by Crippen LogP contribution is -2.50. The van der Waals surface area contributed by atoms with E-state index >= 15 is 0 Å². The standard InChI is InChI=1S/C8H15N3O/c1-6(2)11-4-3-10-7(5-11)8(9)12/h3-4,6-7,10H,5H2,1-2H3,(H2,9,12). The largest absolute Gasteiger partial charge is 0.377 e. The van der Waals surface area contributed by atoms with Crippen LogP contribution in [0.1, 0.15) is 13.8 Å². The average Bonchev–Trinajstić information content (AvgIpc) is 2.04. The maximum absolute atomic E-state index is 10.8. The van der Waals surface area contributed by atoms with Crippen molar-refractivity contribution >= 4 is 5.91 Å². The summed E-state index contributed by atoms with van der Waals surface area (Å²) in [6.45, 7) is 4.81. The Hall–Kier alpha value is -1.19. The van der Waals surface area contributed by atoms with Gasteiger partial charge in [0.15, 0.2) is 0 Å². The number of carbonyl (C=O) groups is 1. The van der Waals surface area contributed by atoms with Crippen LogP contribution in [0.15, 0.2) is 12.4 Å². The van der Waals surface area contributed by atoms with Gasteiger partial charge in [0.1, 0.15) is 6.04 Å². The van der Waals surface area contributed by atoms with Crippen LogP contribution in [0, 0.1) is 0 Å². The molecule has 0 spiro atoms. The van der Waals surface area contributed by atoms with E-state index in [2.05, 4.69) is 24.1 Å². The SMILES string of the molecule is CC(C)N1C=CNC(C(N)=O)C1. The first kappa shape index (κ1) is 8.90. The van der Waals surface area contributed by atoms with Crippen molar-refractivity contribution in [3.05, 3.63) is 12.4 Å². The predicted octanol–water partition coefficient (Wildman–Crippen LogP) is -0.375. The number of hydrogen-bond donors (Lipinski definition) is 2. The second-order valence-electron chi connectivity index (χ2n) is 3.23. The summed E-state index contributed by atoms with van der Waals surface area (Å²) in [4.78, 5) is 12.9. The Morgan fingerprint density at radius 1 is 1.75 bits per heavy atom. The van der Waals surface area contributed by atoms with Crippen LogP contribution in [0.4, 0.5) is 0 Å².